The second kappa shape index (κ2) is 4.64. The van der Waals surface area contributed by atoms with E-state index >= 15 is 0 Å². The molecule has 0 amide bonds. The molecule has 1 rings (SSSR count). The minimum Gasteiger partial charge on any atom is -0.198 e. The Morgan fingerprint density at radius 1 is 1.50 bits per heavy atom. The Morgan fingerprint density at radius 3 is 2.64 bits per heavy atom. The zero-order valence-electron chi connectivity index (χ0n) is 9.64. The maximum absolute atomic E-state index is 8.50. The molecule has 1 heteroatoms. The molecule has 0 spiro atoms. The van der Waals surface area contributed by atoms with Crippen molar-refractivity contribution >= 4 is 0 Å². The molecule has 0 radical (unpaired) electrons. The minimum absolute atomic E-state index is 0.442. The number of allylic oxidation sites excluding steroid dienone is 2. The lowest BCUT2D eigenvalue weighted by Gasteiger charge is -2.33. The van der Waals surface area contributed by atoms with E-state index in [1.807, 2.05) is 0 Å². The van der Waals surface area contributed by atoms with Crippen molar-refractivity contribution in [2.75, 3.05) is 0 Å². The van der Waals surface area contributed by atoms with Crippen molar-refractivity contribution in [2.45, 2.75) is 52.9 Å². The van der Waals surface area contributed by atoms with Gasteiger partial charge >= 0.3 is 0 Å². The molecule has 0 heterocycles. The van der Waals surface area contributed by atoms with Crippen LogP contribution in [-0.4, -0.2) is 0 Å². The van der Waals surface area contributed by atoms with Crippen LogP contribution in [0.3, 0.4) is 0 Å². The van der Waals surface area contributed by atoms with Gasteiger partial charge in [0.15, 0.2) is 0 Å². The molecule has 0 aliphatic heterocycles. The van der Waals surface area contributed by atoms with Crippen molar-refractivity contribution in [3.63, 3.8) is 0 Å². The van der Waals surface area contributed by atoms with Crippen molar-refractivity contribution in [1.82, 2.24) is 0 Å². The predicted molar refractivity (Wildman–Crippen MR) is 59.7 cm³/mol. The van der Waals surface area contributed by atoms with Gasteiger partial charge in [-0.25, -0.2) is 0 Å². The lowest BCUT2D eigenvalue weighted by atomic mass is 9.73. The molecule has 1 aliphatic rings. The quantitative estimate of drug-likeness (QED) is 0.604. The lowest BCUT2D eigenvalue weighted by Crippen LogP contribution is -2.22. The highest BCUT2D eigenvalue weighted by Crippen LogP contribution is 2.37. The van der Waals surface area contributed by atoms with E-state index in [2.05, 4.69) is 32.9 Å². The van der Waals surface area contributed by atoms with Crippen LogP contribution in [0.15, 0.2) is 11.6 Å². The first-order valence-electron chi connectivity index (χ1n) is 5.59. The molecule has 1 nitrogen and oxygen atoms in total. The van der Waals surface area contributed by atoms with Crippen molar-refractivity contribution in [3.05, 3.63) is 11.6 Å². The summed E-state index contributed by atoms with van der Waals surface area (Å²) in [5.41, 5.74) is 1.95. The smallest absolute Gasteiger partial charge is 0.0625 e. The van der Waals surface area contributed by atoms with Gasteiger partial charge in [-0.05, 0) is 37.0 Å². The third-order valence-corrected chi connectivity index (χ3v) is 3.29. The van der Waals surface area contributed by atoms with E-state index < -0.39 is 0 Å². The number of hydrogen-bond donors (Lipinski definition) is 0. The number of nitriles is 1. The van der Waals surface area contributed by atoms with Gasteiger partial charge < -0.3 is 0 Å². The normalized spacial score (nSPS) is 22.7. The van der Waals surface area contributed by atoms with Crippen LogP contribution in [0.2, 0.25) is 0 Å². The highest BCUT2D eigenvalue weighted by atomic mass is 14.3. The summed E-state index contributed by atoms with van der Waals surface area (Å²) in [7, 11) is 0. The molecule has 78 valence electrons. The molecule has 0 saturated carbocycles. The van der Waals surface area contributed by atoms with Crippen LogP contribution in [-0.2, 0) is 0 Å². The van der Waals surface area contributed by atoms with Gasteiger partial charge in [-0.1, -0.05) is 32.4 Å². The SMILES string of the molecule is CC(C)(C)C1CC=C(CCC#N)CC1. The molecular weight excluding hydrogens is 170 g/mol. The molecule has 0 aromatic heterocycles. The van der Waals surface area contributed by atoms with E-state index in [0.717, 1.165) is 12.3 Å². The zero-order chi connectivity index (χ0) is 10.6. The van der Waals surface area contributed by atoms with Gasteiger partial charge in [0.1, 0.15) is 0 Å². The fourth-order valence-electron chi connectivity index (χ4n) is 2.12. The van der Waals surface area contributed by atoms with Crippen LogP contribution in [0.25, 0.3) is 0 Å². The van der Waals surface area contributed by atoms with E-state index in [1.54, 1.807) is 0 Å². The number of rotatable bonds is 2. The third-order valence-electron chi connectivity index (χ3n) is 3.29. The fourth-order valence-corrected chi connectivity index (χ4v) is 2.12. The highest BCUT2D eigenvalue weighted by molar-refractivity contribution is 5.08. The molecule has 0 fully saturated rings. The van der Waals surface area contributed by atoms with Crippen LogP contribution in [0.5, 0.6) is 0 Å². The molecular formula is C13H21N. The Kier molecular flexibility index (Phi) is 3.75. The summed E-state index contributed by atoms with van der Waals surface area (Å²) in [6.07, 6.45) is 7.78. The lowest BCUT2D eigenvalue weighted by molar-refractivity contribution is 0.220. The molecule has 0 saturated heterocycles. The van der Waals surface area contributed by atoms with Crippen LogP contribution in [0.4, 0.5) is 0 Å². The van der Waals surface area contributed by atoms with E-state index in [0.29, 0.717) is 11.8 Å². The van der Waals surface area contributed by atoms with Gasteiger partial charge in [0, 0.05) is 6.42 Å². The Bertz CT molecular complexity index is 249. The monoisotopic (exact) mass is 191 g/mol. The summed E-state index contributed by atoms with van der Waals surface area (Å²) in [5, 5.41) is 8.50. The van der Waals surface area contributed by atoms with Crippen molar-refractivity contribution in [3.8, 4) is 6.07 Å². The number of nitrogens with zero attached hydrogens (tertiary/aromatic N) is 1. The van der Waals surface area contributed by atoms with Gasteiger partial charge in [-0.2, -0.15) is 5.26 Å². The summed E-state index contributed by atoms with van der Waals surface area (Å²) in [6.45, 7) is 6.98. The summed E-state index contributed by atoms with van der Waals surface area (Å²) in [6, 6.07) is 2.22. The summed E-state index contributed by atoms with van der Waals surface area (Å²) in [4.78, 5) is 0. The predicted octanol–water partition coefficient (Wildman–Crippen LogP) is 4.06. The van der Waals surface area contributed by atoms with E-state index in [-0.39, 0.29) is 0 Å². The Balaban J connectivity index is 2.44. The summed E-state index contributed by atoms with van der Waals surface area (Å²) >= 11 is 0. The van der Waals surface area contributed by atoms with Crippen molar-refractivity contribution in [1.29, 1.82) is 5.26 Å². The molecule has 1 unspecified atom stereocenters. The average molecular weight is 191 g/mol. The Hall–Kier alpha value is -0.770. The Morgan fingerprint density at radius 2 is 2.21 bits per heavy atom. The van der Waals surface area contributed by atoms with Crippen molar-refractivity contribution in [2.24, 2.45) is 11.3 Å². The first-order valence-corrected chi connectivity index (χ1v) is 5.59. The van der Waals surface area contributed by atoms with Crippen LogP contribution < -0.4 is 0 Å². The Labute approximate surface area is 87.8 Å². The zero-order valence-corrected chi connectivity index (χ0v) is 9.64. The van der Waals surface area contributed by atoms with E-state index in [1.165, 1.54) is 24.8 Å². The standard InChI is InChI=1S/C13H21N/c1-13(2,3)12-8-6-11(7-9-12)5-4-10-14/h6,12H,4-5,7-9H2,1-3H3. The van der Waals surface area contributed by atoms with E-state index in [4.69, 9.17) is 5.26 Å². The van der Waals surface area contributed by atoms with Crippen LogP contribution in [0.1, 0.15) is 52.9 Å². The topological polar surface area (TPSA) is 23.8 Å². The molecule has 0 aromatic rings. The third kappa shape index (κ3) is 3.18. The second-order valence-corrected chi connectivity index (χ2v) is 5.36. The first-order chi connectivity index (χ1) is 6.54. The first kappa shape index (κ1) is 11.3. The fraction of sp³-hybridized carbons (Fsp3) is 0.769. The highest BCUT2D eigenvalue weighted by Gasteiger charge is 2.25. The van der Waals surface area contributed by atoms with Gasteiger partial charge in [-0.3, -0.25) is 0 Å². The second-order valence-electron chi connectivity index (χ2n) is 5.36. The molecule has 0 bridgehead atoms. The molecule has 0 aromatic carbocycles. The maximum Gasteiger partial charge on any atom is 0.0625 e. The van der Waals surface area contributed by atoms with Crippen LogP contribution >= 0.6 is 0 Å². The summed E-state index contributed by atoms with van der Waals surface area (Å²) < 4.78 is 0. The van der Waals surface area contributed by atoms with E-state index in [9.17, 15) is 0 Å². The molecule has 14 heavy (non-hydrogen) atoms. The van der Waals surface area contributed by atoms with Crippen LogP contribution in [0, 0.1) is 22.7 Å². The largest absolute Gasteiger partial charge is 0.198 e. The maximum atomic E-state index is 8.50. The summed E-state index contributed by atoms with van der Waals surface area (Å²) in [5.74, 6) is 0.827. The molecule has 0 N–H and O–H groups in total. The van der Waals surface area contributed by atoms with Gasteiger partial charge in [0.25, 0.3) is 0 Å². The van der Waals surface area contributed by atoms with Gasteiger partial charge in [0.2, 0.25) is 0 Å². The molecule has 1 aliphatic carbocycles. The average Bonchev–Trinajstić information content (AvgIpc) is 2.14. The van der Waals surface area contributed by atoms with Crippen molar-refractivity contribution < 1.29 is 0 Å². The van der Waals surface area contributed by atoms with Gasteiger partial charge in [0.05, 0.1) is 6.07 Å². The number of hydrogen-bond acceptors (Lipinski definition) is 1. The molecule has 1 atom stereocenters. The van der Waals surface area contributed by atoms with Gasteiger partial charge in [-0.15, -0.1) is 0 Å². The minimum atomic E-state index is 0.442.